The number of nitrogens with two attached hydrogens (primary N) is 1. The van der Waals surface area contributed by atoms with Crippen LogP contribution in [0.15, 0.2) is 24.5 Å². The molecule has 4 nitrogen and oxygen atoms in total. The molecule has 0 saturated carbocycles. The van der Waals surface area contributed by atoms with Crippen molar-refractivity contribution in [2.75, 3.05) is 5.73 Å². The van der Waals surface area contributed by atoms with Gasteiger partial charge in [0.2, 0.25) is 5.88 Å². The van der Waals surface area contributed by atoms with Crippen molar-refractivity contribution in [1.82, 2.24) is 9.97 Å². The summed E-state index contributed by atoms with van der Waals surface area (Å²) in [5, 5.41) is 0.134. The molecule has 1 aromatic carbocycles. The highest BCUT2D eigenvalue weighted by Gasteiger charge is 2.09. The van der Waals surface area contributed by atoms with Gasteiger partial charge in [-0.05, 0) is 30.7 Å². The van der Waals surface area contributed by atoms with Crippen molar-refractivity contribution in [3.63, 3.8) is 0 Å². The van der Waals surface area contributed by atoms with Crippen molar-refractivity contribution >= 4 is 17.4 Å². The maximum Gasteiger partial charge on any atom is 0.243 e. The maximum absolute atomic E-state index is 13.1. The molecule has 1 heterocycles. The highest BCUT2D eigenvalue weighted by Crippen LogP contribution is 2.30. The number of aryl methyl sites for hydroxylation is 1. The molecule has 0 unspecified atom stereocenters. The quantitative estimate of drug-likeness (QED) is 0.894. The molecular formula is C11H9ClFN3O. The lowest BCUT2D eigenvalue weighted by atomic mass is 10.2. The Bertz CT molecular complexity index is 562. The van der Waals surface area contributed by atoms with Crippen LogP contribution in [0.25, 0.3) is 0 Å². The number of ether oxygens (including phenoxy) is 1. The largest absolute Gasteiger partial charge is 0.437 e. The number of nitrogen functional groups attached to an aromatic ring is 1. The van der Waals surface area contributed by atoms with Crippen LogP contribution in [0.1, 0.15) is 5.56 Å². The predicted molar refractivity (Wildman–Crippen MR) is 62.7 cm³/mol. The van der Waals surface area contributed by atoms with Crippen molar-refractivity contribution in [3.05, 3.63) is 40.9 Å². The van der Waals surface area contributed by atoms with Crippen molar-refractivity contribution in [2.24, 2.45) is 0 Å². The smallest absolute Gasteiger partial charge is 0.243 e. The monoisotopic (exact) mass is 253 g/mol. The van der Waals surface area contributed by atoms with Crippen LogP contribution in [0.2, 0.25) is 5.02 Å². The van der Waals surface area contributed by atoms with Gasteiger partial charge in [0.1, 0.15) is 28.7 Å². The van der Waals surface area contributed by atoms with Crippen LogP contribution in [0.5, 0.6) is 11.6 Å². The molecule has 0 fully saturated rings. The number of nitrogens with zero attached hydrogens (tertiary/aromatic N) is 2. The average Bonchev–Trinajstić information content (AvgIpc) is 2.30. The van der Waals surface area contributed by atoms with Gasteiger partial charge in [-0.2, -0.15) is 4.98 Å². The Morgan fingerprint density at radius 1 is 1.35 bits per heavy atom. The number of rotatable bonds is 2. The summed E-state index contributed by atoms with van der Waals surface area (Å²) in [7, 11) is 0. The summed E-state index contributed by atoms with van der Waals surface area (Å²) in [6.07, 6.45) is 1.24. The molecular weight excluding hydrogens is 245 g/mol. The lowest BCUT2D eigenvalue weighted by Gasteiger charge is -2.07. The third kappa shape index (κ3) is 2.45. The Morgan fingerprint density at radius 2 is 2.12 bits per heavy atom. The normalized spacial score (nSPS) is 10.3. The van der Waals surface area contributed by atoms with Crippen LogP contribution in [-0.2, 0) is 0 Å². The summed E-state index contributed by atoms with van der Waals surface area (Å²) in [4.78, 5) is 7.55. The zero-order chi connectivity index (χ0) is 12.4. The van der Waals surface area contributed by atoms with Gasteiger partial charge in [0.05, 0.1) is 0 Å². The van der Waals surface area contributed by atoms with E-state index >= 15 is 0 Å². The average molecular weight is 254 g/mol. The van der Waals surface area contributed by atoms with Crippen LogP contribution >= 0.6 is 11.6 Å². The molecule has 0 aliphatic heterocycles. The van der Waals surface area contributed by atoms with Crippen LogP contribution in [0.4, 0.5) is 10.2 Å². The van der Waals surface area contributed by atoms with Crippen LogP contribution in [0.3, 0.4) is 0 Å². The molecule has 0 bridgehead atoms. The van der Waals surface area contributed by atoms with E-state index < -0.39 is 0 Å². The van der Waals surface area contributed by atoms with E-state index in [-0.39, 0.29) is 22.5 Å². The second-order valence-electron chi connectivity index (χ2n) is 3.39. The number of benzene rings is 1. The standard InChI is InChI=1S/C11H9ClFN3O/c1-6-4-7(2-3-8(6)13)17-11-9(12)10(14)15-5-16-11/h2-5H,1H3,(H2,14,15,16). The molecule has 0 amide bonds. The third-order valence-corrected chi connectivity index (χ3v) is 2.48. The van der Waals surface area contributed by atoms with Gasteiger partial charge in [0.25, 0.3) is 0 Å². The minimum Gasteiger partial charge on any atom is -0.437 e. The Labute approximate surface area is 102 Å². The van der Waals surface area contributed by atoms with Crippen LogP contribution in [0, 0.1) is 12.7 Å². The summed E-state index contributed by atoms with van der Waals surface area (Å²) in [5.74, 6) is 0.412. The Hall–Kier alpha value is -1.88. The molecule has 2 N–H and O–H groups in total. The molecule has 2 aromatic rings. The van der Waals surface area contributed by atoms with Gasteiger partial charge in [-0.15, -0.1) is 0 Å². The molecule has 2 rings (SSSR count). The van der Waals surface area contributed by atoms with E-state index in [0.29, 0.717) is 11.3 Å². The van der Waals surface area contributed by atoms with Crippen LogP contribution in [-0.4, -0.2) is 9.97 Å². The molecule has 0 saturated heterocycles. The van der Waals surface area contributed by atoms with Gasteiger partial charge in [0.15, 0.2) is 0 Å². The molecule has 0 radical (unpaired) electrons. The Kier molecular flexibility index (Phi) is 3.10. The van der Waals surface area contributed by atoms with Gasteiger partial charge in [-0.3, -0.25) is 0 Å². The number of hydrogen-bond acceptors (Lipinski definition) is 4. The molecule has 17 heavy (non-hydrogen) atoms. The van der Waals surface area contributed by atoms with Gasteiger partial charge >= 0.3 is 0 Å². The van der Waals surface area contributed by atoms with E-state index in [9.17, 15) is 4.39 Å². The number of halogens is 2. The summed E-state index contributed by atoms with van der Waals surface area (Å²) in [6, 6.07) is 4.34. The van der Waals surface area contributed by atoms with Gasteiger partial charge < -0.3 is 10.5 Å². The van der Waals surface area contributed by atoms with E-state index in [2.05, 4.69) is 9.97 Å². The fraction of sp³-hybridized carbons (Fsp3) is 0.0909. The summed E-state index contributed by atoms with van der Waals surface area (Å²) in [6.45, 7) is 1.64. The zero-order valence-electron chi connectivity index (χ0n) is 8.95. The van der Waals surface area contributed by atoms with E-state index in [0.717, 1.165) is 0 Å². The minimum absolute atomic E-state index is 0.134. The Morgan fingerprint density at radius 3 is 2.82 bits per heavy atom. The lowest BCUT2D eigenvalue weighted by Crippen LogP contribution is -1.96. The van der Waals surface area contributed by atoms with E-state index in [1.807, 2.05) is 0 Å². The number of aromatic nitrogens is 2. The number of hydrogen-bond donors (Lipinski definition) is 1. The fourth-order valence-electron chi connectivity index (χ4n) is 1.23. The van der Waals surface area contributed by atoms with Gasteiger partial charge in [0, 0.05) is 0 Å². The highest BCUT2D eigenvalue weighted by molar-refractivity contribution is 6.34. The number of anilines is 1. The van der Waals surface area contributed by atoms with Crippen molar-refractivity contribution in [1.29, 1.82) is 0 Å². The first-order chi connectivity index (χ1) is 8.08. The van der Waals surface area contributed by atoms with Crippen molar-refractivity contribution in [2.45, 2.75) is 6.92 Å². The second-order valence-corrected chi connectivity index (χ2v) is 3.77. The molecule has 6 heteroatoms. The first-order valence-electron chi connectivity index (χ1n) is 4.78. The second kappa shape index (κ2) is 4.55. The maximum atomic E-state index is 13.1. The molecule has 0 aliphatic rings. The SMILES string of the molecule is Cc1cc(Oc2ncnc(N)c2Cl)ccc1F. The first-order valence-corrected chi connectivity index (χ1v) is 5.15. The summed E-state index contributed by atoms with van der Waals surface area (Å²) in [5.41, 5.74) is 5.98. The first kappa shape index (κ1) is 11.6. The fourth-order valence-corrected chi connectivity index (χ4v) is 1.37. The van der Waals surface area contributed by atoms with Crippen molar-refractivity contribution < 1.29 is 9.13 Å². The molecule has 0 spiro atoms. The molecule has 1 aromatic heterocycles. The van der Waals surface area contributed by atoms with E-state index in [4.69, 9.17) is 22.1 Å². The predicted octanol–water partition coefficient (Wildman–Crippen LogP) is 2.95. The summed E-state index contributed by atoms with van der Waals surface area (Å²) >= 11 is 5.87. The highest BCUT2D eigenvalue weighted by atomic mass is 35.5. The van der Waals surface area contributed by atoms with Crippen molar-refractivity contribution in [3.8, 4) is 11.6 Å². The lowest BCUT2D eigenvalue weighted by molar-refractivity contribution is 0.460. The van der Waals surface area contributed by atoms with Gasteiger partial charge in [-0.25, -0.2) is 9.37 Å². The Balaban J connectivity index is 2.31. The van der Waals surface area contributed by atoms with Gasteiger partial charge in [-0.1, -0.05) is 11.6 Å². The summed E-state index contributed by atoms with van der Waals surface area (Å²) < 4.78 is 18.4. The molecule has 0 atom stereocenters. The third-order valence-electron chi connectivity index (χ3n) is 2.13. The van der Waals surface area contributed by atoms with Crippen LogP contribution < -0.4 is 10.5 Å². The van der Waals surface area contributed by atoms with E-state index in [1.54, 1.807) is 13.0 Å². The molecule has 88 valence electrons. The molecule has 0 aliphatic carbocycles. The minimum atomic E-state index is -0.300. The topological polar surface area (TPSA) is 61.0 Å². The van der Waals surface area contributed by atoms with E-state index in [1.165, 1.54) is 18.5 Å². The zero-order valence-corrected chi connectivity index (χ0v) is 9.70.